The van der Waals surface area contributed by atoms with E-state index in [0.29, 0.717) is 10.1 Å². The fraction of sp³-hybridized carbons (Fsp3) is 0.150. The van der Waals surface area contributed by atoms with Crippen LogP contribution in [-0.4, -0.2) is 42.7 Å². The molecule has 1 amide bonds. The topological polar surface area (TPSA) is 98.6 Å². The summed E-state index contributed by atoms with van der Waals surface area (Å²) < 4.78 is 32.1. The third-order valence-corrected chi connectivity index (χ3v) is 5.01. The van der Waals surface area contributed by atoms with Crippen molar-refractivity contribution in [1.29, 1.82) is 0 Å². The van der Waals surface area contributed by atoms with Gasteiger partial charge in [-0.15, -0.1) is 0 Å². The number of hydrogen-bond acceptors (Lipinski definition) is 6. The summed E-state index contributed by atoms with van der Waals surface area (Å²) in [5, 5.41) is 0. The molecule has 3 rings (SSSR count). The number of esters is 1. The maximum atomic E-state index is 13.0. The Morgan fingerprint density at radius 3 is 2.38 bits per heavy atom. The summed E-state index contributed by atoms with van der Waals surface area (Å²) >= 11 is 0. The number of hydrogen-bond donors (Lipinski definition) is 0. The molecule has 150 valence electrons. The van der Waals surface area contributed by atoms with Crippen molar-refractivity contribution >= 4 is 27.6 Å². The summed E-state index contributed by atoms with van der Waals surface area (Å²) in [6, 6.07) is 12.5. The molecule has 0 saturated heterocycles. The van der Waals surface area contributed by atoms with Gasteiger partial charge in [0.05, 0.1) is 29.7 Å². The van der Waals surface area contributed by atoms with Crippen LogP contribution in [0.1, 0.15) is 27.6 Å². The van der Waals surface area contributed by atoms with Crippen molar-refractivity contribution in [1.82, 2.24) is 9.55 Å². The largest absolute Gasteiger partial charge is 0.462 e. The standard InChI is InChI=1S/C20H19N3O5S/c1-3-28-20(25)15-7-6-8-17(13-15)23(29(2,26)27)19(24)16-9-10-18(21-14-16)22-11-4-5-12-22/h4-14H,3H2,1-2H3. The van der Waals surface area contributed by atoms with Crippen molar-refractivity contribution in [3.8, 4) is 5.82 Å². The zero-order chi connectivity index (χ0) is 21.0. The molecule has 0 atom stereocenters. The smallest absolute Gasteiger partial charge is 0.338 e. The third-order valence-electron chi connectivity index (χ3n) is 3.97. The lowest BCUT2D eigenvalue weighted by Gasteiger charge is -2.21. The van der Waals surface area contributed by atoms with E-state index >= 15 is 0 Å². The van der Waals surface area contributed by atoms with E-state index in [1.165, 1.54) is 36.5 Å². The van der Waals surface area contributed by atoms with Gasteiger partial charge in [0.2, 0.25) is 10.0 Å². The Bertz CT molecular complexity index is 1120. The van der Waals surface area contributed by atoms with Crippen molar-refractivity contribution in [2.24, 2.45) is 0 Å². The zero-order valence-electron chi connectivity index (χ0n) is 15.8. The minimum Gasteiger partial charge on any atom is -0.462 e. The van der Waals surface area contributed by atoms with Gasteiger partial charge in [-0.05, 0) is 49.4 Å². The van der Waals surface area contributed by atoms with Gasteiger partial charge in [-0.2, -0.15) is 0 Å². The van der Waals surface area contributed by atoms with Crippen LogP contribution in [-0.2, 0) is 14.8 Å². The van der Waals surface area contributed by atoms with Crippen LogP contribution in [0.4, 0.5) is 5.69 Å². The minimum atomic E-state index is -3.97. The molecular formula is C20H19N3O5S. The SMILES string of the molecule is CCOC(=O)c1cccc(N(C(=O)c2ccc(-n3cccc3)nc2)S(C)(=O)=O)c1. The molecular weight excluding hydrogens is 394 g/mol. The summed E-state index contributed by atoms with van der Waals surface area (Å²) in [7, 11) is -3.97. The Labute approximate surface area is 168 Å². The van der Waals surface area contributed by atoms with Crippen LogP contribution in [0.5, 0.6) is 0 Å². The number of nitrogens with zero attached hydrogens (tertiary/aromatic N) is 3. The number of anilines is 1. The molecule has 0 N–H and O–H groups in total. The molecule has 0 radical (unpaired) electrons. The first-order valence-electron chi connectivity index (χ1n) is 8.72. The van der Waals surface area contributed by atoms with Gasteiger partial charge >= 0.3 is 5.97 Å². The van der Waals surface area contributed by atoms with Crippen LogP contribution in [0.2, 0.25) is 0 Å². The highest BCUT2D eigenvalue weighted by Gasteiger charge is 2.27. The Balaban J connectivity index is 1.97. The summed E-state index contributed by atoms with van der Waals surface area (Å²) in [5.74, 6) is -0.796. The number of carbonyl (C=O) groups is 2. The van der Waals surface area contributed by atoms with Gasteiger partial charge in [0, 0.05) is 18.6 Å². The number of pyridine rings is 1. The number of rotatable bonds is 6. The molecule has 8 nitrogen and oxygen atoms in total. The van der Waals surface area contributed by atoms with Gasteiger partial charge in [-0.25, -0.2) is 22.5 Å². The van der Waals surface area contributed by atoms with Crippen LogP contribution >= 0.6 is 0 Å². The normalized spacial score (nSPS) is 11.1. The molecule has 0 bridgehead atoms. The number of benzene rings is 1. The van der Waals surface area contributed by atoms with E-state index in [1.807, 2.05) is 12.1 Å². The summed E-state index contributed by atoms with van der Waals surface area (Å²) in [5.41, 5.74) is 0.275. The van der Waals surface area contributed by atoms with Gasteiger partial charge in [-0.1, -0.05) is 6.07 Å². The van der Waals surface area contributed by atoms with Crippen LogP contribution in [0.25, 0.3) is 5.82 Å². The molecule has 0 aliphatic rings. The van der Waals surface area contributed by atoms with Gasteiger partial charge in [0.1, 0.15) is 5.82 Å². The van der Waals surface area contributed by atoms with Crippen LogP contribution < -0.4 is 4.31 Å². The predicted molar refractivity (Wildman–Crippen MR) is 108 cm³/mol. The lowest BCUT2D eigenvalue weighted by molar-refractivity contribution is 0.0526. The van der Waals surface area contributed by atoms with E-state index in [2.05, 4.69) is 4.98 Å². The van der Waals surface area contributed by atoms with E-state index in [9.17, 15) is 18.0 Å². The van der Waals surface area contributed by atoms with E-state index in [1.54, 1.807) is 30.0 Å². The third kappa shape index (κ3) is 4.52. The van der Waals surface area contributed by atoms with Gasteiger partial charge in [-0.3, -0.25) is 4.79 Å². The van der Waals surface area contributed by atoms with Gasteiger partial charge < -0.3 is 9.30 Å². The lowest BCUT2D eigenvalue weighted by Crippen LogP contribution is -2.36. The molecule has 1 aromatic carbocycles. The molecule has 0 aliphatic carbocycles. The second-order valence-corrected chi connectivity index (χ2v) is 7.93. The average Bonchev–Trinajstić information content (AvgIpc) is 3.22. The molecule has 0 saturated carbocycles. The van der Waals surface area contributed by atoms with Crippen molar-refractivity contribution < 1.29 is 22.7 Å². The maximum absolute atomic E-state index is 13.0. The van der Waals surface area contributed by atoms with E-state index in [0.717, 1.165) is 6.26 Å². The Hall–Kier alpha value is -3.46. The molecule has 29 heavy (non-hydrogen) atoms. The highest BCUT2D eigenvalue weighted by Crippen LogP contribution is 2.22. The molecule has 0 unspecified atom stereocenters. The van der Waals surface area contributed by atoms with E-state index in [-0.39, 0.29) is 23.4 Å². The quantitative estimate of drug-likeness (QED) is 0.576. The first-order chi connectivity index (χ1) is 13.8. The zero-order valence-corrected chi connectivity index (χ0v) is 16.7. The van der Waals surface area contributed by atoms with Crippen LogP contribution in [0.3, 0.4) is 0 Å². The fourth-order valence-electron chi connectivity index (χ4n) is 2.70. The van der Waals surface area contributed by atoms with Crippen molar-refractivity contribution in [2.45, 2.75) is 6.92 Å². The van der Waals surface area contributed by atoms with Gasteiger partial charge in [0.15, 0.2) is 0 Å². The molecule has 0 spiro atoms. The van der Waals surface area contributed by atoms with Crippen molar-refractivity contribution in [3.05, 3.63) is 78.2 Å². The van der Waals surface area contributed by atoms with E-state index < -0.39 is 21.9 Å². The molecule has 0 fully saturated rings. The first kappa shape index (κ1) is 20.3. The molecule has 2 heterocycles. The van der Waals surface area contributed by atoms with E-state index in [4.69, 9.17) is 4.74 Å². The van der Waals surface area contributed by atoms with Crippen LogP contribution in [0.15, 0.2) is 67.1 Å². The highest BCUT2D eigenvalue weighted by molar-refractivity contribution is 7.92. The second kappa shape index (κ2) is 8.27. The summed E-state index contributed by atoms with van der Waals surface area (Å²) in [4.78, 5) is 29.2. The number of amides is 1. The Kier molecular flexibility index (Phi) is 5.79. The first-order valence-corrected chi connectivity index (χ1v) is 10.6. The predicted octanol–water partition coefficient (Wildman–Crippen LogP) is 2.66. The monoisotopic (exact) mass is 413 g/mol. The average molecular weight is 413 g/mol. The highest BCUT2D eigenvalue weighted by atomic mass is 32.2. The molecule has 3 aromatic rings. The molecule has 9 heteroatoms. The summed E-state index contributed by atoms with van der Waals surface area (Å²) in [6.45, 7) is 1.84. The summed E-state index contributed by atoms with van der Waals surface area (Å²) in [6.07, 6.45) is 5.83. The minimum absolute atomic E-state index is 0.0394. The number of ether oxygens (including phenoxy) is 1. The van der Waals surface area contributed by atoms with Crippen LogP contribution in [0, 0.1) is 0 Å². The molecule has 2 aromatic heterocycles. The van der Waals surface area contributed by atoms with Crippen molar-refractivity contribution in [2.75, 3.05) is 17.2 Å². The lowest BCUT2D eigenvalue weighted by atomic mass is 10.2. The fourth-order valence-corrected chi connectivity index (χ4v) is 3.61. The Morgan fingerprint density at radius 1 is 1.07 bits per heavy atom. The number of sulfonamides is 1. The Morgan fingerprint density at radius 2 is 1.79 bits per heavy atom. The second-order valence-electron chi connectivity index (χ2n) is 6.10. The maximum Gasteiger partial charge on any atom is 0.338 e. The number of aromatic nitrogens is 2. The van der Waals surface area contributed by atoms with Gasteiger partial charge in [0.25, 0.3) is 5.91 Å². The molecule has 0 aliphatic heterocycles. The number of carbonyl (C=O) groups excluding carboxylic acids is 2. The van der Waals surface area contributed by atoms with Crippen molar-refractivity contribution in [3.63, 3.8) is 0 Å².